The van der Waals surface area contributed by atoms with Crippen molar-refractivity contribution in [3.05, 3.63) is 18.1 Å². The zero-order chi connectivity index (χ0) is 14.1. The second kappa shape index (κ2) is 4.83. The lowest BCUT2D eigenvalue weighted by Gasteiger charge is -2.38. The minimum Gasteiger partial charge on any atom is -0.423 e. The second-order valence-electron chi connectivity index (χ2n) is 5.18. The minimum atomic E-state index is -1.39. The predicted molar refractivity (Wildman–Crippen MR) is 67.7 cm³/mol. The van der Waals surface area contributed by atoms with E-state index in [-0.39, 0.29) is 11.3 Å². The van der Waals surface area contributed by atoms with Gasteiger partial charge in [-0.25, -0.2) is 9.37 Å². The van der Waals surface area contributed by atoms with Crippen LogP contribution >= 0.6 is 0 Å². The summed E-state index contributed by atoms with van der Waals surface area (Å²) in [7, 11) is -1.39. The molecule has 1 aromatic heterocycles. The Bertz CT molecular complexity index is 435. The fraction of sp³-hybridized carbons (Fsp3) is 0.545. The van der Waals surface area contributed by atoms with Gasteiger partial charge in [0.2, 0.25) is 0 Å². The third-order valence-corrected chi connectivity index (χ3v) is 3.06. The molecule has 100 valence electrons. The number of pyridine rings is 1. The molecule has 0 aliphatic carbocycles. The van der Waals surface area contributed by atoms with E-state index < -0.39 is 24.1 Å². The molecule has 1 rings (SSSR count). The Labute approximate surface area is 106 Å². The van der Waals surface area contributed by atoms with E-state index in [0.717, 1.165) is 6.07 Å². The van der Waals surface area contributed by atoms with Crippen LogP contribution in [0.1, 0.15) is 27.7 Å². The van der Waals surface area contributed by atoms with Gasteiger partial charge in [-0.2, -0.15) is 0 Å². The van der Waals surface area contributed by atoms with E-state index in [4.69, 9.17) is 10.4 Å². The van der Waals surface area contributed by atoms with Crippen LogP contribution in [0.15, 0.2) is 12.3 Å². The van der Waals surface area contributed by atoms with Crippen molar-refractivity contribution in [3.63, 3.8) is 0 Å². The predicted octanol–water partition coefficient (Wildman–Crippen LogP) is 0.0565. The third-order valence-electron chi connectivity index (χ3n) is 3.06. The first kappa shape index (κ1) is 14.9. The number of hydrogen-bond acceptors (Lipinski definition) is 5. The number of nitrogens with two attached hydrogens (primary N) is 1. The molecule has 0 saturated carbocycles. The smallest absolute Gasteiger partial charge is 0.423 e. The SMILES string of the molecule is CC(C)(O)C(C)(C)OB(O)c1cnc(N)c(F)c1. The summed E-state index contributed by atoms with van der Waals surface area (Å²) in [5.74, 6) is -0.969. The topological polar surface area (TPSA) is 88.6 Å². The summed E-state index contributed by atoms with van der Waals surface area (Å²) in [4.78, 5) is 3.59. The van der Waals surface area contributed by atoms with E-state index in [1.165, 1.54) is 6.20 Å². The molecule has 0 amide bonds. The Morgan fingerprint density at radius 3 is 2.39 bits per heavy atom. The molecule has 0 aliphatic rings. The number of hydrogen-bond donors (Lipinski definition) is 3. The van der Waals surface area contributed by atoms with Gasteiger partial charge in [-0.1, -0.05) is 0 Å². The van der Waals surface area contributed by atoms with E-state index in [1.807, 2.05) is 0 Å². The molecule has 0 bridgehead atoms. The van der Waals surface area contributed by atoms with Crippen molar-refractivity contribution >= 4 is 18.4 Å². The minimum absolute atomic E-state index is 0.138. The fourth-order valence-electron chi connectivity index (χ4n) is 1.09. The molecule has 7 heteroatoms. The highest BCUT2D eigenvalue weighted by Gasteiger charge is 2.39. The van der Waals surface area contributed by atoms with Crippen molar-refractivity contribution in [3.8, 4) is 0 Å². The maximum atomic E-state index is 13.2. The second-order valence-corrected chi connectivity index (χ2v) is 5.18. The average molecular weight is 256 g/mol. The zero-order valence-corrected chi connectivity index (χ0v) is 10.9. The van der Waals surface area contributed by atoms with Crippen molar-refractivity contribution in [2.45, 2.75) is 38.9 Å². The summed E-state index contributed by atoms with van der Waals surface area (Å²) < 4.78 is 18.5. The van der Waals surface area contributed by atoms with E-state index in [2.05, 4.69) is 4.98 Å². The molecule has 4 N–H and O–H groups in total. The average Bonchev–Trinajstić information content (AvgIpc) is 2.19. The number of halogens is 1. The molecular formula is C11H18BFN2O3. The summed E-state index contributed by atoms with van der Waals surface area (Å²) in [6, 6.07) is 1.05. The molecule has 0 unspecified atom stereocenters. The molecule has 18 heavy (non-hydrogen) atoms. The largest absolute Gasteiger partial charge is 0.493 e. The molecule has 0 aliphatic heterocycles. The first-order valence-corrected chi connectivity index (χ1v) is 5.54. The molecule has 1 heterocycles. The van der Waals surface area contributed by atoms with Crippen molar-refractivity contribution in [1.82, 2.24) is 4.98 Å². The van der Waals surface area contributed by atoms with Crippen LogP contribution in [0.25, 0.3) is 0 Å². The highest BCUT2D eigenvalue weighted by atomic mass is 19.1. The van der Waals surface area contributed by atoms with Crippen LogP contribution in [0.4, 0.5) is 10.2 Å². The van der Waals surface area contributed by atoms with Crippen LogP contribution in [-0.2, 0) is 4.65 Å². The monoisotopic (exact) mass is 256 g/mol. The van der Waals surface area contributed by atoms with Crippen LogP contribution in [0.3, 0.4) is 0 Å². The molecule has 1 aromatic rings. The first-order valence-electron chi connectivity index (χ1n) is 5.54. The van der Waals surface area contributed by atoms with E-state index >= 15 is 0 Å². The van der Waals surface area contributed by atoms with Crippen LogP contribution in [0.5, 0.6) is 0 Å². The normalized spacial score (nSPS) is 12.6. The fourth-order valence-corrected chi connectivity index (χ4v) is 1.09. The third kappa shape index (κ3) is 3.19. The number of rotatable bonds is 4. The van der Waals surface area contributed by atoms with Gasteiger partial charge in [-0.15, -0.1) is 0 Å². The van der Waals surface area contributed by atoms with Gasteiger partial charge in [0.25, 0.3) is 0 Å². The van der Waals surface area contributed by atoms with Crippen molar-refractivity contribution in [2.75, 3.05) is 5.73 Å². The summed E-state index contributed by atoms with van der Waals surface area (Å²) >= 11 is 0. The van der Waals surface area contributed by atoms with Gasteiger partial charge in [0.15, 0.2) is 11.6 Å². The summed E-state index contributed by atoms with van der Waals surface area (Å²) in [5, 5.41) is 19.7. The van der Waals surface area contributed by atoms with E-state index in [1.54, 1.807) is 27.7 Å². The van der Waals surface area contributed by atoms with E-state index in [9.17, 15) is 14.5 Å². The molecule has 0 saturated heterocycles. The Morgan fingerprint density at radius 1 is 1.39 bits per heavy atom. The van der Waals surface area contributed by atoms with E-state index in [0.29, 0.717) is 0 Å². The Balaban J connectivity index is 2.89. The highest BCUT2D eigenvalue weighted by molar-refractivity contribution is 6.60. The summed E-state index contributed by atoms with van der Waals surface area (Å²) in [5.41, 5.74) is 3.18. The van der Waals surface area contributed by atoms with Crippen LogP contribution in [0, 0.1) is 5.82 Å². The van der Waals surface area contributed by atoms with Crippen molar-refractivity contribution < 1.29 is 19.2 Å². The molecular weight excluding hydrogens is 238 g/mol. The summed E-state index contributed by atoms with van der Waals surface area (Å²) in [6.07, 6.45) is 1.23. The number of aromatic nitrogens is 1. The maximum absolute atomic E-state index is 13.2. The number of nitrogens with zero attached hydrogens (tertiary/aromatic N) is 1. The molecule has 0 aromatic carbocycles. The van der Waals surface area contributed by atoms with Gasteiger partial charge in [-0.3, -0.25) is 0 Å². The Kier molecular flexibility index (Phi) is 4.00. The van der Waals surface area contributed by atoms with Crippen molar-refractivity contribution in [2.24, 2.45) is 0 Å². The maximum Gasteiger partial charge on any atom is 0.493 e. The lowest BCUT2D eigenvalue weighted by molar-refractivity contribution is -0.0982. The summed E-state index contributed by atoms with van der Waals surface area (Å²) in [6.45, 7) is 6.36. The van der Waals surface area contributed by atoms with Crippen molar-refractivity contribution in [1.29, 1.82) is 0 Å². The Hall–Kier alpha value is -1.18. The number of aliphatic hydroxyl groups is 1. The van der Waals surface area contributed by atoms with Gasteiger partial charge < -0.3 is 20.5 Å². The van der Waals surface area contributed by atoms with Gasteiger partial charge in [0.05, 0.1) is 11.2 Å². The lowest BCUT2D eigenvalue weighted by Crippen LogP contribution is -2.53. The number of nitrogen functional groups attached to an aromatic ring is 1. The van der Waals surface area contributed by atoms with Gasteiger partial charge in [0.1, 0.15) is 0 Å². The quantitative estimate of drug-likeness (QED) is 0.663. The van der Waals surface area contributed by atoms with Gasteiger partial charge in [0, 0.05) is 11.7 Å². The first-order chi connectivity index (χ1) is 8.04. The standard InChI is InChI=1S/C11H18BFN2O3/c1-10(2,16)11(3,4)18-12(17)7-5-8(13)9(14)15-6-7/h5-6,16-17H,1-4H3,(H2,14,15). The molecule has 5 nitrogen and oxygen atoms in total. The van der Waals surface area contributed by atoms with Crippen LogP contribution in [0.2, 0.25) is 0 Å². The molecule has 0 radical (unpaired) electrons. The lowest BCUT2D eigenvalue weighted by atomic mass is 9.77. The zero-order valence-electron chi connectivity index (χ0n) is 10.9. The van der Waals surface area contributed by atoms with Crippen LogP contribution in [-0.4, -0.2) is 33.4 Å². The number of anilines is 1. The molecule has 0 spiro atoms. The Morgan fingerprint density at radius 2 is 1.94 bits per heavy atom. The molecule has 0 atom stereocenters. The van der Waals surface area contributed by atoms with Gasteiger partial charge in [-0.05, 0) is 33.8 Å². The van der Waals surface area contributed by atoms with Crippen LogP contribution < -0.4 is 11.2 Å². The van der Waals surface area contributed by atoms with Gasteiger partial charge >= 0.3 is 7.12 Å². The highest BCUT2D eigenvalue weighted by Crippen LogP contribution is 2.25. The molecule has 0 fully saturated rings.